The van der Waals surface area contributed by atoms with Gasteiger partial charge in [0, 0.05) is 6.42 Å². The molecule has 0 bridgehead atoms. The molecular formula is C10H8BrFO. The Labute approximate surface area is 84.4 Å². The maximum absolute atomic E-state index is 12.9. The SMILES string of the molecule is C=CC(=O)Cc1cccc(F)c1Br. The molecule has 1 rings (SSSR count). The molecule has 0 unspecified atom stereocenters. The van der Waals surface area contributed by atoms with Crippen molar-refractivity contribution >= 4 is 21.7 Å². The van der Waals surface area contributed by atoms with E-state index in [4.69, 9.17) is 0 Å². The molecule has 0 spiro atoms. The van der Waals surface area contributed by atoms with Crippen LogP contribution >= 0.6 is 15.9 Å². The van der Waals surface area contributed by atoms with Crippen molar-refractivity contribution in [1.29, 1.82) is 0 Å². The fourth-order valence-corrected chi connectivity index (χ4v) is 1.35. The fourth-order valence-electron chi connectivity index (χ4n) is 0.945. The summed E-state index contributed by atoms with van der Waals surface area (Å²) in [5.41, 5.74) is 0.643. The topological polar surface area (TPSA) is 17.1 Å². The summed E-state index contributed by atoms with van der Waals surface area (Å²) in [7, 11) is 0. The number of hydrogen-bond acceptors (Lipinski definition) is 1. The summed E-state index contributed by atoms with van der Waals surface area (Å²) in [5.74, 6) is -0.472. The molecule has 13 heavy (non-hydrogen) atoms. The van der Waals surface area contributed by atoms with Gasteiger partial charge in [-0.2, -0.15) is 0 Å². The first-order valence-corrected chi connectivity index (χ1v) is 4.52. The lowest BCUT2D eigenvalue weighted by atomic mass is 10.1. The van der Waals surface area contributed by atoms with Gasteiger partial charge in [-0.25, -0.2) is 4.39 Å². The lowest BCUT2D eigenvalue weighted by Crippen LogP contribution is -1.99. The summed E-state index contributed by atoms with van der Waals surface area (Å²) in [6, 6.07) is 4.62. The Hall–Kier alpha value is -0.960. The molecule has 0 atom stereocenters. The van der Waals surface area contributed by atoms with Crippen LogP contribution in [0.3, 0.4) is 0 Å². The van der Waals surface area contributed by atoms with Crippen molar-refractivity contribution in [3.63, 3.8) is 0 Å². The van der Waals surface area contributed by atoms with Crippen LogP contribution in [-0.2, 0) is 11.2 Å². The molecule has 0 aliphatic rings. The van der Waals surface area contributed by atoms with Gasteiger partial charge >= 0.3 is 0 Å². The number of carbonyl (C=O) groups excluding carboxylic acids is 1. The Balaban J connectivity index is 2.95. The second kappa shape index (κ2) is 4.33. The lowest BCUT2D eigenvalue weighted by molar-refractivity contribution is -0.114. The monoisotopic (exact) mass is 242 g/mol. The molecule has 0 amide bonds. The molecule has 0 saturated carbocycles. The quantitative estimate of drug-likeness (QED) is 0.746. The minimum atomic E-state index is -0.352. The third-order valence-electron chi connectivity index (χ3n) is 1.62. The second-order valence-corrected chi connectivity index (χ2v) is 3.35. The highest BCUT2D eigenvalue weighted by atomic mass is 79.9. The van der Waals surface area contributed by atoms with Crippen LogP contribution in [0.1, 0.15) is 5.56 Å². The molecule has 1 aromatic carbocycles. The second-order valence-electron chi connectivity index (χ2n) is 2.56. The summed E-state index contributed by atoms with van der Waals surface area (Å²) >= 11 is 3.08. The zero-order valence-corrected chi connectivity index (χ0v) is 8.47. The van der Waals surface area contributed by atoms with E-state index in [0.717, 1.165) is 0 Å². The van der Waals surface area contributed by atoms with E-state index in [0.29, 0.717) is 10.0 Å². The van der Waals surface area contributed by atoms with Crippen molar-refractivity contribution < 1.29 is 9.18 Å². The van der Waals surface area contributed by atoms with Crippen LogP contribution in [0.4, 0.5) is 4.39 Å². The Morgan fingerprint density at radius 3 is 2.92 bits per heavy atom. The van der Waals surface area contributed by atoms with Gasteiger partial charge in [0.15, 0.2) is 5.78 Å². The maximum Gasteiger partial charge on any atom is 0.159 e. The first-order valence-electron chi connectivity index (χ1n) is 3.73. The molecule has 0 N–H and O–H groups in total. The molecular weight excluding hydrogens is 235 g/mol. The number of allylic oxidation sites excluding steroid dienone is 1. The average Bonchev–Trinajstić information content (AvgIpc) is 2.13. The van der Waals surface area contributed by atoms with Gasteiger partial charge in [-0.15, -0.1) is 0 Å². The fraction of sp³-hybridized carbons (Fsp3) is 0.100. The van der Waals surface area contributed by atoms with Crippen LogP contribution in [0.5, 0.6) is 0 Å². The van der Waals surface area contributed by atoms with Gasteiger partial charge in [-0.1, -0.05) is 18.7 Å². The van der Waals surface area contributed by atoms with Crippen LogP contribution in [0.15, 0.2) is 35.3 Å². The number of benzene rings is 1. The summed E-state index contributed by atoms with van der Waals surface area (Å²) in [4.78, 5) is 11.0. The number of carbonyl (C=O) groups is 1. The predicted octanol–water partition coefficient (Wildman–Crippen LogP) is 2.89. The van der Waals surface area contributed by atoms with E-state index in [2.05, 4.69) is 22.5 Å². The highest BCUT2D eigenvalue weighted by Gasteiger charge is 2.07. The van der Waals surface area contributed by atoms with E-state index in [1.165, 1.54) is 12.1 Å². The van der Waals surface area contributed by atoms with Crippen LogP contribution in [0.25, 0.3) is 0 Å². The molecule has 1 aromatic rings. The average molecular weight is 243 g/mol. The van der Waals surface area contributed by atoms with Gasteiger partial charge in [0.1, 0.15) is 5.82 Å². The van der Waals surface area contributed by atoms with E-state index >= 15 is 0 Å². The normalized spacial score (nSPS) is 9.69. The van der Waals surface area contributed by atoms with Crippen molar-refractivity contribution in [2.75, 3.05) is 0 Å². The highest BCUT2D eigenvalue weighted by Crippen LogP contribution is 2.20. The van der Waals surface area contributed by atoms with E-state index in [1.807, 2.05) is 0 Å². The summed E-state index contributed by atoms with van der Waals surface area (Å²) in [6.07, 6.45) is 1.42. The first kappa shape index (κ1) is 10.1. The third-order valence-corrected chi connectivity index (χ3v) is 2.51. The van der Waals surface area contributed by atoms with E-state index in [1.54, 1.807) is 12.1 Å². The number of hydrogen-bond donors (Lipinski definition) is 0. The van der Waals surface area contributed by atoms with Crippen molar-refractivity contribution in [3.8, 4) is 0 Å². The highest BCUT2D eigenvalue weighted by molar-refractivity contribution is 9.10. The Kier molecular flexibility index (Phi) is 3.37. The standard InChI is InChI=1S/C10H8BrFO/c1-2-8(13)6-7-4-3-5-9(12)10(7)11/h2-5H,1,6H2. The van der Waals surface area contributed by atoms with Gasteiger partial charge in [-0.3, -0.25) is 4.79 Å². The molecule has 0 radical (unpaired) electrons. The predicted molar refractivity (Wildman–Crippen MR) is 53.0 cm³/mol. The molecule has 0 aliphatic carbocycles. The number of rotatable bonds is 3. The zero-order chi connectivity index (χ0) is 9.84. The minimum Gasteiger partial charge on any atom is -0.295 e. The minimum absolute atomic E-state index is 0.119. The summed E-state index contributed by atoms with van der Waals surface area (Å²) < 4.78 is 13.3. The molecule has 0 aromatic heterocycles. The van der Waals surface area contributed by atoms with Gasteiger partial charge in [-0.05, 0) is 33.6 Å². The van der Waals surface area contributed by atoms with E-state index < -0.39 is 0 Å². The van der Waals surface area contributed by atoms with Crippen molar-refractivity contribution in [3.05, 3.63) is 46.7 Å². The van der Waals surface area contributed by atoms with Gasteiger partial charge in [0.05, 0.1) is 4.47 Å². The van der Waals surface area contributed by atoms with Crippen LogP contribution in [0, 0.1) is 5.82 Å². The van der Waals surface area contributed by atoms with Crippen LogP contribution in [-0.4, -0.2) is 5.78 Å². The molecule has 0 fully saturated rings. The maximum atomic E-state index is 12.9. The lowest BCUT2D eigenvalue weighted by Gasteiger charge is -2.01. The molecule has 68 valence electrons. The smallest absolute Gasteiger partial charge is 0.159 e. The first-order chi connectivity index (χ1) is 6.15. The third kappa shape index (κ3) is 2.49. The van der Waals surface area contributed by atoms with Crippen molar-refractivity contribution in [1.82, 2.24) is 0 Å². The molecule has 0 aliphatic heterocycles. The van der Waals surface area contributed by atoms with Crippen molar-refractivity contribution in [2.45, 2.75) is 6.42 Å². The Morgan fingerprint density at radius 2 is 2.31 bits per heavy atom. The largest absolute Gasteiger partial charge is 0.295 e. The Morgan fingerprint density at radius 1 is 1.62 bits per heavy atom. The van der Waals surface area contributed by atoms with E-state index in [9.17, 15) is 9.18 Å². The molecule has 0 heterocycles. The van der Waals surface area contributed by atoms with Crippen LogP contribution < -0.4 is 0 Å². The molecule has 1 nitrogen and oxygen atoms in total. The zero-order valence-electron chi connectivity index (χ0n) is 6.89. The van der Waals surface area contributed by atoms with Crippen molar-refractivity contribution in [2.24, 2.45) is 0 Å². The number of halogens is 2. The van der Waals surface area contributed by atoms with Gasteiger partial charge in [0.2, 0.25) is 0 Å². The molecule has 3 heteroatoms. The summed E-state index contributed by atoms with van der Waals surface area (Å²) in [6.45, 7) is 3.35. The van der Waals surface area contributed by atoms with Gasteiger partial charge < -0.3 is 0 Å². The van der Waals surface area contributed by atoms with E-state index in [-0.39, 0.29) is 18.0 Å². The number of ketones is 1. The molecule has 0 saturated heterocycles. The van der Waals surface area contributed by atoms with Crippen LogP contribution in [0.2, 0.25) is 0 Å². The summed E-state index contributed by atoms with van der Waals surface area (Å²) in [5, 5.41) is 0. The van der Waals surface area contributed by atoms with Gasteiger partial charge in [0.25, 0.3) is 0 Å². The Bertz CT molecular complexity index is 347.